The molecule has 26 heavy (non-hydrogen) atoms. The van der Waals surface area contributed by atoms with Crippen molar-refractivity contribution in [3.05, 3.63) is 21.6 Å². The third kappa shape index (κ3) is 3.67. The van der Waals surface area contributed by atoms with Crippen LogP contribution in [0, 0.1) is 10.1 Å². The molecule has 0 aromatic rings. The van der Waals surface area contributed by atoms with Crippen molar-refractivity contribution < 1.29 is 14.8 Å². The monoisotopic (exact) mass is 365 g/mol. The van der Waals surface area contributed by atoms with E-state index in [0.29, 0.717) is 32.0 Å². The predicted octanol–water partition coefficient (Wildman–Crippen LogP) is 1.60. The van der Waals surface area contributed by atoms with Gasteiger partial charge in [0.2, 0.25) is 0 Å². The van der Waals surface area contributed by atoms with Crippen LogP contribution in [0.2, 0.25) is 0 Å². The highest BCUT2D eigenvalue weighted by atomic mass is 16.6. The lowest BCUT2D eigenvalue weighted by Crippen LogP contribution is -2.65. The third-order valence-corrected chi connectivity index (χ3v) is 5.39. The highest BCUT2D eigenvalue weighted by Gasteiger charge is 2.49. The number of nitro groups is 1. The van der Waals surface area contributed by atoms with Crippen LogP contribution in [0.15, 0.2) is 16.5 Å². The Morgan fingerprint density at radius 3 is 2.12 bits per heavy atom. The van der Waals surface area contributed by atoms with Crippen molar-refractivity contribution in [3.63, 3.8) is 0 Å². The molecule has 3 heterocycles. The average molecular weight is 365 g/mol. The van der Waals surface area contributed by atoms with Crippen LogP contribution in [0.4, 0.5) is 0 Å². The molecule has 144 valence electrons. The summed E-state index contributed by atoms with van der Waals surface area (Å²) in [6, 6.07) is 0. The van der Waals surface area contributed by atoms with Gasteiger partial charge >= 0.3 is 11.7 Å². The summed E-state index contributed by atoms with van der Waals surface area (Å²) in [5, 5.41) is 24.5. The Kier molecular flexibility index (Phi) is 5.75. The molecule has 0 bridgehead atoms. The van der Waals surface area contributed by atoms with Crippen molar-refractivity contribution >= 4 is 12.2 Å². The molecule has 3 aliphatic heterocycles. The molecular weight excluding hydrogens is 338 g/mol. The molecule has 9 heteroatoms. The molecule has 0 aromatic heterocycles. The number of hydrogen-bond donors (Lipinski definition) is 2. The highest BCUT2D eigenvalue weighted by molar-refractivity contribution is 5.86. The van der Waals surface area contributed by atoms with Crippen LogP contribution < -0.4 is 5.32 Å². The number of nitrogens with zero attached hydrogens (tertiary/aromatic N) is 4. The number of hydrogen-bond acceptors (Lipinski definition) is 7. The van der Waals surface area contributed by atoms with Gasteiger partial charge in [0.1, 0.15) is 6.21 Å². The van der Waals surface area contributed by atoms with E-state index < -0.39 is 16.7 Å². The molecule has 0 spiro atoms. The van der Waals surface area contributed by atoms with E-state index in [1.54, 1.807) is 0 Å². The van der Waals surface area contributed by atoms with Crippen LogP contribution in [-0.2, 0) is 4.79 Å². The molecule has 1 unspecified atom stereocenters. The first-order valence-corrected chi connectivity index (χ1v) is 9.50. The maximum Gasteiger partial charge on any atom is 0.369 e. The Balaban J connectivity index is 1.95. The predicted molar refractivity (Wildman–Crippen MR) is 96.1 cm³/mol. The van der Waals surface area contributed by atoms with Gasteiger partial charge in [-0.15, -0.1) is 0 Å². The van der Waals surface area contributed by atoms with E-state index in [1.807, 2.05) is 9.80 Å². The van der Waals surface area contributed by atoms with Crippen molar-refractivity contribution in [3.8, 4) is 0 Å². The molecule has 2 N–H and O–H groups in total. The third-order valence-electron chi connectivity index (χ3n) is 5.39. The number of rotatable bonds is 4. The lowest BCUT2D eigenvalue weighted by atomic mass is 10.2. The van der Waals surface area contributed by atoms with Crippen LogP contribution in [0.1, 0.15) is 51.4 Å². The van der Waals surface area contributed by atoms with Gasteiger partial charge in [-0.3, -0.25) is 15.0 Å². The fourth-order valence-electron chi connectivity index (χ4n) is 3.95. The molecule has 0 aliphatic carbocycles. The second-order valence-electron chi connectivity index (χ2n) is 7.15. The van der Waals surface area contributed by atoms with Gasteiger partial charge in [0, 0.05) is 26.2 Å². The van der Waals surface area contributed by atoms with Crippen LogP contribution >= 0.6 is 0 Å². The van der Waals surface area contributed by atoms with Crippen LogP contribution in [0.3, 0.4) is 0 Å². The summed E-state index contributed by atoms with van der Waals surface area (Å²) in [6.45, 7) is 2.59. The zero-order chi connectivity index (χ0) is 18.6. The summed E-state index contributed by atoms with van der Waals surface area (Å²) in [5.74, 6) is -2.49. The van der Waals surface area contributed by atoms with Gasteiger partial charge in [-0.05, 0) is 25.7 Å². The molecule has 0 aromatic carbocycles. The summed E-state index contributed by atoms with van der Waals surface area (Å²) < 4.78 is 0. The van der Waals surface area contributed by atoms with Gasteiger partial charge in [0.15, 0.2) is 5.82 Å². The minimum Gasteiger partial charge on any atom is -0.477 e. The second kappa shape index (κ2) is 8.03. The Labute approximate surface area is 152 Å². The van der Waals surface area contributed by atoms with E-state index in [-0.39, 0.29) is 5.70 Å². The standard InChI is InChI=1S/C17H27N5O4/c23-16(24)17(21-11-7-3-4-8-12-21)18-13-14(22(25)26)15(19-17)20-9-5-1-2-6-10-20/h13,19H,1-12H2,(H,23,24). The molecule has 1 atom stereocenters. The van der Waals surface area contributed by atoms with E-state index in [4.69, 9.17) is 0 Å². The minimum absolute atomic E-state index is 0.154. The molecule has 0 saturated carbocycles. The molecule has 0 radical (unpaired) electrons. The fourth-order valence-corrected chi connectivity index (χ4v) is 3.95. The van der Waals surface area contributed by atoms with Crippen molar-refractivity contribution in [1.29, 1.82) is 0 Å². The van der Waals surface area contributed by atoms with E-state index in [0.717, 1.165) is 57.6 Å². The Bertz CT molecular complexity index is 604. The number of allylic oxidation sites excluding steroid dienone is 1. The van der Waals surface area contributed by atoms with Crippen LogP contribution in [-0.4, -0.2) is 64.0 Å². The maximum absolute atomic E-state index is 12.2. The number of carboxylic acid groups (broad SMARTS) is 1. The quantitative estimate of drug-likeness (QED) is 0.575. The highest BCUT2D eigenvalue weighted by Crippen LogP contribution is 2.27. The lowest BCUT2D eigenvalue weighted by molar-refractivity contribution is -0.417. The Morgan fingerprint density at radius 2 is 1.62 bits per heavy atom. The zero-order valence-corrected chi connectivity index (χ0v) is 15.0. The lowest BCUT2D eigenvalue weighted by Gasteiger charge is -2.41. The summed E-state index contributed by atoms with van der Waals surface area (Å²) in [7, 11) is 0. The first kappa shape index (κ1) is 18.6. The molecule has 2 saturated heterocycles. The first-order valence-electron chi connectivity index (χ1n) is 9.50. The number of carboxylic acids is 1. The topological polar surface area (TPSA) is 111 Å². The van der Waals surface area contributed by atoms with Crippen molar-refractivity contribution in [2.24, 2.45) is 4.99 Å². The number of aliphatic carboxylic acids is 1. The van der Waals surface area contributed by atoms with Gasteiger partial charge in [0.05, 0.1) is 4.92 Å². The Hall–Kier alpha value is -2.16. The van der Waals surface area contributed by atoms with E-state index in [1.165, 1.54) is 0 Å². The molecule has 3 aliphatic rings. The summed E-state index contributed by atoms with van der Waals surface area (Å²) in [5.41, 5.74) is -0.154. The van der Waals surface area contributed by atoms with E-state index in [9.17, 15) is 20.0 Å². The normalized spacial score (nSPS) is 28.2. The fraction of sp³-hybridized carbons (Fsp3) is 0.765. The number of aliphatic imine (C=N–C) groups is 1. The van der Waals surface area contributed by atoms with Crippen LogP contribution in [0.25, 0.3) is 0 Å². The van der Waals surface area contributed by atoms with E-state index in [2.05, 4.69) is 10.3 Å². The largest absolute Gasteiger partial charge is 0.477 e. The summed E-state index contributed by atoms with van der Waals surface area (Å²) in [4.78, 5) is 31.2. The molecular formula is C17H27N5O4. The zero-order valence-electron chi connectivity index (χ0n) is 15.0. The smallest absolute Gasteiger partial charge is 0.369 e. The SMILES string of the molecule is O=C(O)C1(N2CCCCCC2)N=CC([N+](=O)[O-])=C(N2CCCCCC2)N1. The Morgan fingerprint density at radius 1 is 1.08 bits per heavy atom. The van der Waals surface area contributed by atoms with Gasteiger partial charge in [-0.1, -0.05) is 25.7 Å². The number of likely N-dealkylation sites (tertiary alicyclic amines) is 2. The summed E-state index contributed by atoms with van der Waals surface area (Å²) in [6.07, 6.45) is 9.11. The van der Waals surface area contributed by atoms with Gasteiger partial charge in [-0.2, -0.15) is 0 Å². The van der Waals surface area contributed by atoms with Crippen molar-refractivity contribution in [2.75, 3.05) is 26.2 Å². The average Bonchev–Trinajstić information content (AvgIpc) is 3.06. The van der Waals surface area contributed by atoms with E-state index >= 15 is 0 Å². The van der Waals surface area contributed by atoms with Crippen molar-refractivity contribution in [1.82, 2.24) is 15.1 Å². The van der Waals surface area contributed by atoms with Gasteiger partial charge in [-0.25, -0.2) is 9.79 Å². The number of nitrogens with one attached hydrogen (secondary N) is 1. The minimum atomic E-state index is -1.66. The molecule has 9 nitrogen and oxygen atoms in total. The van der Waals surface area contributed by atoms with Crippen molar-refractivity contribution in [2.45, 2.75) is 57.2 Å². The van der Waals surface area contributed by atoms with Gasteiger partial charge in [0.25, 0.3) is 5.79 Å². The number of carbonyl (C=O) groups is 1. The first-order chi connectivity index (χ1) is 12.5. The van der Waals surface area contributed by atoms with Crippen LogP contribution in [0.5, 0.6) is 0 Å². The van der Waals surface area contributed by atoms with Gasteiger partial charge < -0.3 is 15.3 Å². The molecule has 3 rings (SSSR count). The maximum atomic E-state index is 12.2. The molecule has 2 fully saturated rings. The molecule has 0 amide bonds. The second-order valence-corrected chi connectivity index (χ2v) is 7.15. The summed E-state index contributed by atoms with van der Waals surface area (Å²) >= 11 is 0.